The highest BCUT2D eigenvalue weighted by Crippen LogP contribution is 2.61. The van der Waals surface area contributed by atoms with Gasteiger partial charge in [0.1, 0.15) is 6.84 Å². The van der Waals surface area contributed by atoms with E-state index in [-0.39, 0.29) is 53.8 Å². The van der Waals surface area contributed by atoms with Crippen LogP contribution in [0, 0.1) is 39.9 Å². The summed E-state index contributed by atoms with van der Waals surface area (Å²) in [6, 6.07) is 0. The number of hydrogen-bond donors (Lipinski definition) is 0. The number of carbonyl (C=O) groups excluding carboxylic acids is 2. The number of hydrogen-bond acceptors (Lipinski definition) is 6. The van der Waals surface area contributed by atoms with Crippen LogP contribution < -0.4 is 0 Å². The Balaban J connectivity index is 1.48. The lowest BCUT2D eigenvalue weighted by molar-refractivity contribution is -0.191. The topological polar surface area (TPSA) is 71.1 Å². The molecule has 0 saturated heterocycles. The van der Waals surface area contributed by atoms with Crippen molar-refractivity contribution < 1.29 is 28.5 Å². The number of halogens is 2. The number of alkyl halides is 2. The molecule has 3 aliphatic carbocycles. The van der Waals surface area contributed by atoms with Gasteiger partial charge in [0.05, 0.1) is 12.7 Å². The fourth-order valence-corrected chi connectivity index (χ4v) is 8.61. The van der Waals surface area contributed by atoms with E-state index in [4.69, 9.17) is 18.9 Å². The predicted octanol–water partition coefficient (Wildman–Crippen LogP) is 8.11. The van der Waals surface area contributed by atoms with Crippen molar-refractivity contribution in [2.75, 3.05) is 20.2 Å². The summed E-state index contributed by atoms with van der Waals surface area (Å²) in [7, 11) is 0. The van der Waals surface area contributed by atoms with Gasteiger partial charge in [-0.25, -0.2) is 0 Å². The van der Waals surface area contributed by atoms with Gasteiger partial charge in [0, 0.05) is 0 Å². The highest BCUT2D eigenvalue weighted by atomic mass is 127. The Kier molecular flexibility index (Phi) is 10.8. The van der Waals surface area contributed by atoms with Gasteiger partial charge in [0.2, 0.25) is 0 Å². The zero-order chi connectivity index (χ0) is 29.4. The first kappa shape index (κ1) is 33.8. The minimum Gasteiger partial charge on any atom is -0.437 e. The maximum atomic E-state index is 13.3. The van der Waals surface area contributed by atoms with E-state index < -0.39 is 6.84 Å². The molecule has 0 radical (unpaired) electrons. The Bertz CT molecular complexity index is 868. The molecule has 3 rings (SSSR count). The zero-order valence-corrected chi connectivity index (χ0v) is 30.0. The van der Waals surface area contributed by atoms with Crippen LogP contribution in [0.5, 0.6) is 0 Å². The molecule has 3 aliphatic rings. The smallest absolute Gasteiger partial charge is 0.324 e. The van der Waals surface area contributed by atoms with E-state index in [1.807, 2.05) is 20.8 Å². The van der Waals surface area contributed by atoms with Gasteiger partial charge in [-0.05, 0) is 92.3 Å². The van der Waals surface area contributed by atoms with E-state index in [1.54, 1.807) is 0 Å². The van der Waals surface area contributed by atoms with Crippen molar-refractivity contribution in [3.63, 3.8) is 0 Å². The summed E-state index contributed by atoms with van der Waals surface area (Å²) in [6.45, 7) is 20.1. The Labute approximate surface area is 264 Å². The molecule has 3 fully saturated rings. The summed E-state index contributed by atoms with van der Waals surface area (Å²) in [5.41, 5.74) is 0.227. The van der Waals surface area contributed by atoms with Gasteiger partial charge in [0.15, 0.2) is 13.6 Å². The Morgan fingerprint density at radius 3 is 2.08 bits per heavy atom. The second-order valence-electron chi connectivity index (χ2n) is 14.7. The summed E-state index contributed by atoms with van der Waals surface area (Å²) in [4.78, 5) is 25.5. The minimum atomic E-state index is -0.611. The molecule has 226 valence electrons. The highest BCUT2D eigenvalue weighted by molar-refractivity contribution is 14.1. The summed E-state index contributed by atoms with van der Waals surface area (Å²) in [5.74, 6) is 1.41. The van der Waals surface area contributed by atoms with E-state index in [1.165, 1.54) is 12.8 Å². The first-order valence-electron chi connectivity index (χ1n) is 14.8. The van der Waals surface area contributed by atoms with Gasteiger partial charge in [-0.3, -0.25) is 9.59 Å². The van der Waals surface area contributed by atoms with Crippen LogP contribution in [0.1, 0.15) is 107 Å². The molecule has 0 aromatic carbocycles. The molecule has 6 nitrogen and oxygen atoms in total. The van der Waals surface area contributed by atoms with Crippen LogP contribution in [0.3, 0.4) is 0 Å². The van der Waals surface area contributed by atoms with Crippen molar-refractivity contribution in [1.29, 1.82) is 0 Å². The van der Waals surface area contributed by atoms with Gasteiger partial charge >= 0.3 is 11.9 Å². The third kappa shape index (κ3) is 7.46. The Hall–Kier alpha value is 0.320. The first-order chi connectivity index (χ1) is 17.9. The minimum absolute atomic E-state index is 0.0131. The van der Waals surface area contributed by atoms with Crippen molar-refractivity contribution in [1.82, 2.24) is 0 Å². The second kappa shape index (κ2) is 12.5. The van der Waals surface area contributed by atoms with Gasteiger partial charge in [-0.2, -0.15) is 0 Å². The van der Waals surface area contributed by atoms with Gasteiger partial charge in [0.25, 0.3) is 0 Å². The molecule has 0 aromatic rings. The van der Waals surface area contributed by atoms with Crippen molar-refractivity contribution in [2.45, 2.75) is 120 Å². The maximum Gasteiger partial charge on any atom is 0.324 e. The molecule has 3 saturated carbocycles. The monoisotopic (exact) mass is 774 g/mol. The molecular formula is C31H52I2O6. The van der Waals surface area contributed by atoms with Crippen molar-refractivity contribution in [3.05, 3.63) is 0 Å². The van der Waals surface area contributed by atoms with Crippen molar-refractivity contribution in [2.24, 2.45) is 39.9 Å². The second-order valence-corrected chi connectivity index (χ2v) is 19.3. The molecule has 0 spiro atoms. The molecule has 0 aliphatic heterocycles. The number of rotatable bonds is 12. The summed E-state index contributed by atoms with van der Waals surface area (Å²) >= 11 is 4.46. The number of carbonyl (C=O) groups is 2. The zero-order valence-electron chi connectivity index (χ0n) is 25.7. The van der Waals surface area contributed by atoms with E-state index in [0.717, 1.165) is 32.1 Å². The van der Waals surface area contributed by atoms with Crippen LogP contribution in [-0.4, -0.2) is 45.1 Å². The molecule has 39 heavy (non-hydrogen) atoms. The molecule has 2 bridgehead atoms. The van der Waals surface area contributed by atoms with E-state index in [9.17, 15) is 9.59 Å². The molecule has 8 heteroatoms. The van der Waals surface area contributed by atoms with Crippen LogP contribution in [0.2, 0.25) is 0 Å². The normalized spacial score (nSPS) is 33.7. The molecule has 7 atom stereocenters. The first-order valence-corrected chi connectivity index (χ1v) is 16.9. The third-order valence-electron chi connectivity index (χ3n) is 10.6. The molecule has 7 unspecified atom stereocenters. The van der Waals surface area contributed by atoms with E-state index >= 15 is 0 Å². The molecular weight excluding hydrogens is 722 g/mol. The van der Waals surface area contributed by atoms with Gasteiger partial charge < -0.3 is 18.9 Å². The van der Waals surface area contributed by atoms with E-state index in [0.29, 0.717) is 24.4 Å². The molecule has 0 aromatic heterocycles. The van der Waals surface area contributed by atoms with Crippen LogP contribution >= 0.6 is 45.2 Å². The van der Waals surface area contributed by atoms with E-state index in [2.05, 4.69) is 86.7 Å². The lowest BCUT2D eigenvalue weighted by Gasteiger charge is -2.48. The number of esters is 2. The molecule has 0 amide bonds. The van der Waals surface area contributed by atoms with Crippen LogP contribution in [-0.2, 0) is 28.5 Å². The number of ether oxygens (including phenoxy) is 4. The lowest BCUT2D eigenvalue weighted by Crippen LogP contribution is -2.48. The largest absolute Gasteiger partial charge is 0.437 e. The Morgan fingerprint density at radius 2 is 1.54 bits per heavy atom. The SMILES string of the molecule is CCC(C)(I)C(=O)OCOCC1(C)CC2CC1CC2C(C)C(C)(I)C(=O)OCOC1C(C)(C)CCCC1(C)C. The third-order valence-corrected chi connectivity index (χ3v) is 13.3. The highest BCUT2D eigenvalue weighted by Gasteiger charge is 2.56. The van der Waals surface area contributed by atoms with Crippen LogP contribution in [0.15, 0.2) is 0 Å². The summed E-state index contributed by atoms with van der Waals surface area (Å²) < 4.78 is 22.2. The average Bonchev–Trinajstić information content (AvgIpc) is 3.40. The summed E-state index contributed by atoms with van der Waals surface area (Å²) in [5, 5.41) is 0. The fourth-order valence-electron chi connectivity index (χ4n) is 7.84. The molecule has 0 heterocycles. The Morgan fingerprint density at radius 1 is 0.949 bits per heavy atom. The predicted molar refractivity (Wildman–Crippen MR) is 171 cm³/mol. The molecule has 0 N–H and O–H groups in total. The fraction of sp³-hybridized carbons (Fsp3) is 0.935. The summed E-state index contributed by atoms with van der Waals surface area (Å²) in [6.07, 6.45) is 7.61. The van der Waals surface area contributed by atoms with Gasteiger partial charge in [-0.15, -0.1) is 0 Å². The van der Waals surface area contributed by atoms with Crippen molar-refractivity contribution in [3.8, 4) is 0 Å². The lowest BCUT2D eigenvalue weighted by atomic mass is 9.63. The van der Waals surface area contributed by atoms with Gasteiger partial charge in [-0.1, -0.05) is 100 Å². The maximum absolute atomic E-state index is 13.3. The van der Waals surface area contributed by atoms with Crippen LogP contribution in [0.4, 0.5) is 0 Å². The van der Waals surface area contributed by atoms with Crippen LogP contribution in [0.25, 0.3) is 0 Å². The quantitative estimate of drug-likeness (QED) is 0.0657. The standard InChI is InChI=1S/C31H52I2O6/c1-10-30(8,32)25(34)38-18-36-17-29(7)16-21-14-22(29)15-23(21)20(2)31(9,33)26(35)39-19-37-24-27(3,4)12-11-13-28(24,5)6/h20-24H,10-19H2,1-9H3. The van der Waals surface area contributed by atoms with Crippen molar-refractivity contribution >= 4 is 57.1 Å². The number of fused-ring (bicyclic) bond motifs is 2. The average molecular weight is 775 g/mol.